The molecule has 8 heteroatoms. The van der Waals surface area contributed by atoms with Crippen LogP contribution < -0.4 is 4.74 Å². The van der Waals surface area contributed by atoms with Crippen LogP contribution in [0.3, 0.4) is 0 Å². The van der Waals surface area contributed by atoms with Crippen LogP contribution in [0.5, 0.6) is 5.75 Å². The zero-order valence-electron chi connectivity index (χ0n) is 18.8. The van der Waals surface area contributed by atoms with Gasteiger partial charge in [0.25, 0.3) is 0 Å². The zero-order chi connectivity index (χ0) is 21.8. The Morgan fingerprint density at radius 1 is 1.16 bits per heavy atom. The maximum atomic E-state index is 12.6. The highest BCUT2D eigenvalue weighted by Gasteiger charge is 2.29. The first-order valence-corrected chi connectivity index (χ1v) is 11.5. The number of aryl methyl sites for hydroxylation is 2. The minimum Gasteiger partial charge on any atom is -0.489 e. The molecule has 1 atom stereocenters. The summed E-state index contributed by atoms with van der Waals surface area (Å²) < 4.78 is 13.5. The lowest BCUT2D eigenvalue weighted by Crippen LogP contribution is -2.35. The molecule has 2 aromatic heterocycles. The van der Waals surface area contributed by atoms with Crippen LogP contribution in [0.25, 0.3) is 11.4 Å². The number of likely N-dealkylation sites (tertiary alicyclic amines) is 1. The quantitative estimate of drug-likeness (QED) is 0.679. The lowest BCUT2D eigenvalue weighted by atomic mass is 9.98. The fourth-order valence-electron chi connectivity index (χ4n) is 4.62. The van der Waals surface area contributed by atoms with Gasteiger partial charge in [0.2, 0.25) is 0 Å². The van der Waals surface area contributed by atoms with E-state index in [1.54, 1.807) is 11.7 Å². The van der Waals surface area contributed by atoms with Gasteiger partial charge in [-0.05, 0) is 64.0 Å². The van der Waals surface area contributed by atoms with E-state index in [0.29, 0.717) is 11.4 Å². The third-order valence-corrected chi connectivity index (χ3v) is 6.48. The Morgan fingerprint density at radius 2 is 1.97 bits per heavy atom. The number of carbonyl (C=O) groups is 1. The maximum Gasteiger partial charge on any atom is 0.410 e. The summed E-state index contributed by atoms with van der Waals surface area (Å²) in [6.45, 7) is 4.94. The van der Waals surface area contributed by atoms with Gasteiger partial charge in [0, 0.05) is 19.6 Å². The van der Waals surface area contributed by atoms with Crippen LogP contribution in [0, 0.1) is 6.92 Å². The van der Waals surface area contributed by atoms with Gasteiger partial charge >= 0.3 is 6.09 Å². The molecule has 0 aromatic carbocycles. The molecule has 31 heavy (non-hydrogen) atoms. The maximum absolute atomic E-state index is 12.6. The molecule has 1 aliphatic carbocycles. The third-order valence-electron chi connectivity index (χ3n) is 6.48. The van der Waals surface area contributed by atoms with Gasteiger partial charge in [-0.2, -0.15) is 0 Å². The summed E-state index contributed by atoms with van der Waals surface area (Å²) in [5, 5.41) is 8.42. The fraction of sp³-hybridized carbons (Fsp3) is 0.652. The predicted octanol–water partition coefficient (Wildman–Crippen LogP) is 4.41. The van der Waals surface area contributed by atoms with Gasteiger partial charge in [-0.1, -0.05) is 18.6 Å². The van der Waals surface area contributed by atoms with Crippen LogP contribution in [-0.4, -0.2) is 49.7 Å². The summed E-state index contributed by atoms with van der Waals surface area (Å²) in [4.78, 5) is 19.1. The van der Waals surface area contributed by atoms with Crippen LogP contribution in [0.1, 0.15) is 69.7 Å². The van der Waals surface area contributed by atoms with Crippen molar-refractivity contribution in [3.8, 4) is 17.1 Å². The van der Waals surface area contributed by atoms with Gasteiger partial charge in [0.15, 0.2) is 0 Å². The number of nitrogens with zero attached hydrogens (tertiary/aromatic N) is 5. The number of rotatable bonds is 6. The number of ether oxygens (including phenoxy) is 2. The van der Waals surface area contributed by atoms with Crippen LogP contribution in [0.2, 0.25) is 0 Å². The molecule has 1 aliphatic heterocycles. The minimum absolute atomic E-state index is 0.117. The largest absolute Gasteiger partial charge is 0.489 e. The number of hydrogen-bond acceptors (Lipinski definition) is 6. The first-order valence-electron chi connectivity index (χ1n) is 11.5. The second-order valence-electron chi connectivity index (χ2n) is 8.62. The van der Waals surface area contributed by atoms with E-state index in [0.717, 1.165) is 55.8 Å². The Bertz CT molecular complexity index is 907. The Labute approximate surface area is 183 Å². The van der Waals surface area contributed by atoms with E-state index >= 15 is 0 Å². The third kappa shape index (κ3) is 4.83. The predicted molar refractivity (Wildman–Crippen MR) is 117 cm³/mol. The molecule has 0 spiro atoms. The van der Waals surface area contributed by atoms with E-state index in [9.17, 15) is 4.79 Å². The van der Waals surface area contributed by atoms with E-state index < -0.39 is 0 Å². The molecule has 1 amide bonds. The number of amides is 1. The molecule has 1 unspecified atom stereocenters. The molecule has 0 bridgehead atoms. The van der Waals surface area contributed by atoms with Crippen molar-refractivity contribution in [2.75, 3.05) is 6.54 Å². The number of pyridine rings is 1. The van der Waals surface area contributed by atoms with Gasteiger partial charge < -0.3 is 14.4 Å². The van der Waals surface area contributed by atoms with Gasteiger partial charge in [-0.25, -0.2) is 14.5 Å². The molecule has 0 N–H and O–H groups in total. The minimum atomic E-state index is -0.267. The molecule has 4 rings (SSSR count). The standard InChI is InChI=1S/C23H33N5O3/c1-4-17-9-8-14-28(17)23(29)30-15-20-22(25-26-27(20)3)19-12-13-21(16(2)24-19)31-18-10-6-5-7-11-18/h12-13,17-18H,4-11,14-15H2,1-3H3. The first kappa shape index (κ1) is 21.6. The van der Waals surface area contributed by atoms with Crippen LogP contribution in [0.4, 0.5) is 4.79 Å². The lowest BCUT2D eigenvalue weighted by Gasteiger charge is -2.23. The topological polar surface area (TPSA) is 82.4 Å². The normalized spacial score (nSPS) is 19.6. The fourth-order valence-corrected chi connectivity index (χ4v) is 4.62. The Kier molecular flexibility index (Phi) is 6.73. The molecule has 3 heterocycles. The summed E-state index contributed by atoms with van der Waals surface area (Å²) in [6.07, 6.45) is 9.02. The highest BCUT2D eigenvalue weighted by Crippen LogP contribution is 2.28. The SMILES string of the molecule is CCC1CCCN1C(=O)OCc1c(-c2ccc(OC3CCCCC3)c(C)n2)nnn1C. The van der Waals surface area contributed by atoms with Gasteiger partial charge in [-0.15, -0.1) is 5.10 Å². The van der Waals surface area contributed by atoms with Crippen molar-refractivity contribution in [2.24, 2.45) is 7.05 Å². The van der Waals surface area contributed by atoms with Crippen molar-refractivity contribution in [2.45, 2.75) is 84.0 Å². The van der Waals surface area contributed by atoms with Crippen molar-refractivity contribution >= 4 is 6.09 Å². The first-order chi connectivity index (χ1) is 15.1. The van der Waals surface area contributed by atoms with Crippen LogP contribution in [0.15, 0.2) is 12.1 Å². The van der Waals surface area contributed by atoms with Gasteiger partial charge in [0.05, 0.1) is 17.5 Å². The molecule has 0 radical (unpaired) electrons. The van der Waals surface area contributed by atoms with Gasteiger partial charge in [0.1, 0.15) is 23.7 Å². The highest BCUT2D eigenvalue weighted by atomic mass is 16.6. The average molecular weight is 428 g/mol. The summed E-state index contributed by atoms with van der Waals surface area (Å²) >= 11 is 0. The van der Waals surface area contributed by atoms with E-state index in [4.69, 9.17) is 14.5 Å². The molecule has 2 aliphatic rings. The molecule has 8 nitrogen and oxygen atoms in total. The molecular formula is C23H33N5O3. The Morgan fingerprint density at radius 3 is 2.71 bits per heavy atom. The molecule has 2 aromatic rings. The van der Waals surface area contributed by atoms with Crippen molar-refractivity contribution in [3.63, 3.8) is 0 Å². The van der Waals surface area contributed by atoms with Crippen LogP contribution >= 0.6 is 0 Å². The van der Waals surface area contributed by atoms with E-state index in [1.807, 2.05) is 24.0 Å². The summed E-state index contributed by atoms with van der Waals surface area (Å²) in [6, 6.07) is 4.15. The second kappa shape index (κ2) is 9.66. The number of aromatic nitrogens is 4. The number of carbonyl (C=O) groups excluding carboxylic acids is 1. The average Bonchev–Trinajstić information content (AvgIpc) is 3.41. The lowest BCUT2D eigenvalue weighted by molar-refractivity contribution is 0.0897. The van der Waals surface area contributed by atoms with Crippen molar-refractivity contribution < 1.29 is 14.3 Å². The second-order valence-corrected chi connectivity index (χ2v) is 8.62. The van der Waals surface area contributed by atoms with E-state index in [2.05, 4.69) is 17.2 Å². The summed E-state index contributed by atoms with van der Waals surface area (Å²) in [5.74, 6) is 0.826. The van der Waals surface area contributed by atoms with Crippen molar-refractivity contribution in [1.29, 1.82) is 0 Å². The Hall–Kier alpha value is -2.64. The molecule has 2 fully saturated rings. The smallest absolute Gasteiger partial charge is 0.410 e. The number of hydrogen-bond donors (Lipinski definition) is 0. The van der Waals surface area contributed by atoms with Crippen molar-refractivity contribution in [1.82, 2.24) is 24.9 Å². The Balaban J connectivity index is 1.45. The highest BCUT2D eigenvalue weighted by molar-refractivity contribution is 5.68. The summed E-state index contributed by atoms with van der Waals surface area (Å²) in [5.41, 5.74) is 2.91. The van der Waals surface area contributed by atoms with Crippen LogP contribution in [-0.2, 0) is 18.4 Å². The molecule has 1 saturated carbocycles. The zero-order valence-corrected chi connectivity index (χ0v) is 18.8. The molecule has 168 valence electrons. The molecular weight excluding hydrogens is 394 g/mol. The van der Waals surface area contributed by atoms with E-state index in [1.165, 1.54) is 19.3 Å². The molecule has 1 saturated heterocycles. The summed E-state index contributed by atoms with van der Waals surface area (Å²) in [7, 11) is 1.80. The monoisotopic (exact) mass is 427 g/mol. The van der Waals surface area contributed by atoms with E-state index in [-0.39, 0.29) is 24.8 Å². The van der Waals surface area contributed by atoms with Crippen molar-refractivity contribution in [3.05, 3.63) is 23.5 Å². The van der Waals surface area contributed by atoms with Gasteiger partial charge in [-0.3, -0.25) is 0 Å².